The van der Waals surface area contributed by atoms with Crippen molar-refractivity contribution in [3.05, 3.63) is 77.9 Å². The molecule has 0 fully saturated rings. The highest BCUT2D eigenvalue weighted by molar-refractivity contribution is 5.89. The number of hydrogen-bond acceptors (Lipinski definition) is 3. The minimum absolute atomic E-state index is 0.0126. The van der Waals surface area contributed by atoms with Gasteiger partial charge in [0.15, 0.2) is 0 Å². The summed E-state index contributed by atoms with van der Waals surface area (Å²) in [4.78, 5) is 27.7. The SMILES string of the molecule is COc1ccc(CN(C(=O)CCc2cccc3ccccc23)C(C)C(=O)NC(C)C)cc1. The van der Waals surface area contributed by atoms with Crippen LogP contribution >= 0.6 is 0 Å². The molecule has 0 aromatic heterocycles. The van der Waals surface area contributed by atoms with Crippen molar-refractivity contribution in [2.45, 2.75) is 52.2 Å². The normalized spacial score (nSPS) is 11.9. The van der Waals surface area contributed by atoms with Crippen LogP contribution < -0.4 is 10.1 Å². The molecular weight excluding hydrogens is 400 g/mol. The lowest BCUT2D eigenvalue weighted by molar-refractivity contribution is -0.140. The van der Waals surface area contributed by atoms with Crippen LogP contribution in [-0.4, -0.2) is 35.9 Å². The molecule has 0 bridgehead atoms. The number of carbonyl (C=O) groups excluding carboxylic acids is 2. The Morgan fingerprint density at radius 2 is 1.62 bits per heavy atom. The van der Waals surface area contributed by atoms with Crippen LogP contribution in [0.4, 0.5) is 0 Å². The first-order chi connectivity index (χ1) is 15.4. The third-order valence-corrected chi connectivity index (χ3v) is 5.60. The maximum Gasteiger partial charge on any atom is 0.242 e. The van der Waals surface area contributed by atoms with Gasteiger partial charge < -0.3 is 15.0 Å². The Hall–Kier alpha value is -3.34. The smallest absolute Gasteiger partial charge is 0.242 e. The van der Waals surface area contributed by atoms with Crippen molar-refractivity contribution in [2.24, 2.45) is 0 Å². The van der Waals surface area contributed by atoms with Gasteiger partial charge in [0.25, 0.3) is 0 Å². The Morgan fingerprint density at radius 3 is 2.31 bits per heavy atom. The summed E-state index contributed by atoms with van der Waals surface area (Å²) >= 11 is 0. The molecule has 0 aliphatic carbocycles. The van der Waals surface area contributed by atoms with Gasteiger partial charge in [-0.15, -0.1) is 0 Å². The van der Waals surface area contributed by atoms with Gasteiger partial charge in [-0.3, -0.25) is 9.59 Å². The Morgan fingerprint density at radius 1 is 0.938 bits per heavy atom. The Balaban J connectivity index is 1.78. The van der Waals surface area contributed by atoms with Gasteiger partial charge in [-0.1, -0.05) is 54.6 Å². The Kier molecular flexibility index (Phi) is 7.87. The lowest BCUT2D eigenvalue weighted by Crippen LogP contribution is -2.49. The molecule has 1 N–H and O–H groups in total. The van der Waals surface area contributed by atoms with Gasteiger partial charge in [0.05, 0.1) is 7.11 Å². The fourth-order valence-corrected chi connectivity index (χ4v) is 3.81. The minimum atomic E-state index is -0.570. The maximum absolute atomic E-state index is 13.3. The molecule has 3 aromatic carbocycles. The summed E-state index contributed by atoms with van der Waals surface area (Å²) in [7, 11) is 1.62. The molecule has 0 radical (unpaired) electrons. The van der Waals surface area contributed by atoms with Crippen molar-refractivity contribution < 1.29 is 14.3 Å². The van der Waals surface area contributed by atoms with Crippen LogP contribution in [0.1, 0.15) is 38.3 Å². The van der Waals surface area contributed by atoms with Crippen LogP contribution in [-0.2, 0) is 22.6 Å². The zero-order chi connectivity index (χ0) is 23.1. The monoisotopic (exact) mass is 432 g/mol. The number of aryl methyl sites for hydroxylation is 1. The van der Waals surface area contributed by atoms with Crippen molar-refractivity contribution in [3.63, 3.8) is 0 Å². The lowest BCUT2D eigenvalue weighted by Gasteiger charge is -2.29. The van der Waals surface area contributed by atoms with E-state index in [1.165, 1.54) is 0 Å². The van der Waals surface area contributed by atoms with Crippen LogP contribution in [0, 0.1) is 0 Å². The fourth-order valence-electron chi connectivity index (χ4n) is 3.81. The minimum Gasteiger partial charge on any atom is -0.497 e. The highest BCUT2D eigenvalue weighted by atomic mass is 16.5. The second kappa shape index (κ2) is 10.8. The number of amides is 2. The van der Waals surface area contributed by atoms with Crippen molar-refractivity contribution in [2.75, 3.05) is 7.11 Å². The topological polar surface area (TPSA) is 58.6 Å². The summed E-state index contributed by atoms with van der Waals surface area (Å²) in [5, 5.41) is 5.25. The number of rotatable bonds is 9. The maximum atomic E-state index is 13.3. The number of fused-ring (bicyclic) bond motifs is 1. The number of nitrogens with zero attached hydrogens (tertiary/aromatic N) is 1. The first-order valence-electron chi connectivity index (χ1n) is 11.1. The lowest BCUT2D eigenvalue weighted by atomic mass is 10.0. The molecule has 0 aliphatic rings. The number of benzene rings is 3. The van der Waals surface area contributed by atoms with Gasteiger partial charge >= 0.3 is 0 Å². The highest BCUT2D eigenvalue weighted by Crippen LogP contribution is 2.21. The van der Waals surface area contributed by atoms with E-state index in [4.69, 9.17) is 4.74 Å². The molecule has 0 heterocycles. The van der Waals surface area contributed by atoms with Crippen molar-refractivity contribution in [1.29, 1.82) is 0 Å². The molecule has 5 nitrogen and oxygen atoms in total. The molecule has 3 rings (SSSR count). The zero-order valence-corrected chi connectivity index (χ0v) is 19.3. The van der Waals surface area contributed by atoms with E-state index in [1.54, 1.807) is 18.9 Å². The average Bonchev–Trinajstić information content (AvgIpc) is 2.80. The fraction of sp³-hybridized carbons (Fsp3) is 0.333. The summed E-state index contributed by atoms with van der Waals surface area (Å²) in [5.41, 5.74) is 2.09. The largest absolute Gasteiger partial charge is 0.497 e. The van der Waals surface area contributed by atoms with Crippen LogP contribution in [0.15, 0.2) is 66.7 Å². The molecule has 5 heteroatoms. The van der Waals surface area contributed by atoms with Crippen LogP contribution in [0.25, 0.3) is 10.8 Å². The predicted octanol–water partition coefficient (Wildman–Crippen LogP) is 4.72. The summed E-state index contributed by atoms with van der Waals surface area (Å²) in [5.74, 6) is 0.570. The zero-order valence-electron chi connectivity index (χ0n) is 19.3. The molecule has 32 heavy (non-hydrogen) atoms. The first kappa shape index (κ1) is 23.3. The third kappa shape index (κ3) is 5.88. The molecule has 0 saturated carbocycles. The van der Waals surface area contributed by atoms with Crippen LogP contribution in [0.5, 0.6) is 5.75 Å². The van der Waals surface area contributed by atoms with E-state index in [1.807, 2.05) is 56.3 Å². The third-order valence-electron chi connectivity index (χ3n) is 5.60. The molecule has 0 spiro atoms. The summed E-state index contributed by atoms with van der Waals surface area (Å²) in [6, 6.07) is 21.4. The Labute approximate surface area is 190 Å². The number of methoxy groups -OCH3 is 1. The molecule has 168 valence electrons. The van der Waals surface area contributed by atoms with Crippen LogP contribution in [0.3, 0.4) is 0 Å². The van der Waals surface area contributed by atoms with Crippen molar-refractivity contribution in [3.8, 4) is 5.75 Å². The molecule has 3 aromatic rings. The second-order valence-corrected chi connectivity index (χ2v) is 8.35. The summed E-state index contributed by atoms with van der Waals surface area (Å²) in [6.45, 7) is 5.99. The molecule has 2 amide bonds. The van der Waals surface area contributed by atoms with E-state index in [0.29, 0.717) is 19.4 Å². The number of hydrogen-bond donors (Lipinski definition) is 1. The van der Waals surface area contributed by atoms with Gasteiger partial charge in [0.2, 0.25) is 11.8 Å². The van der Waals surface area contributed by atoms with E-state index >= 15 is 0 Å². The van der Waals surface area contributed by atoms with E-state index in [-0.39, 0.29) is 17.9 Å². The van der Waals surface area contributed by atoms with Gasteiger partial charge in [-0.05, 0) is 61.2 Å². The van der Waals surface area contributed by atoms with Gasteiger partial charge in [0.1, 0.15) is 11.8 Å². The van der Waals surface area contributed by atoms with Gasteiger partial charge in [-0.25, -0.2) is 0 Å². The summed E-state index contributed by atoms with van der Waals surface area (Å²) in [6.07, 6.45) is 0.960. The summed E-state index contributed by atoms with van der Waals surface area (Å²) < 4.78 is 5.23. The predicted molar refractivity (Wildman–Crippen MR) is 129 cm³/mol. The van der Waals surface area contributed by atoms with Crippen LogP contribution in [0.2, 0.25) is 0 Å². The van der Waals surface area contributed by atoms with Gasteiger partial charge in [0, 0.05) is 19.0 Å². The average molecular weight is 433 g/mol. The number of ether oxygens (including phenoxy) is 1. The molecule has 1 unspecified atom stereocenters. The number of carbonyl (C=O) groups is 2. The first-order valence-corrected chi connectivity index (χ1v) is 11.1. The number of nitrogens with one attached hydrogen (secondary N) is 1. The molecule has 0 aliphatic heterocycles. The van der Waals surface area contributed by atoms with E-state index in [0.717, 1.165) is 27.6 Å². The van der Waals surface area contributed by atoms with Crippen molar-refractivity contribution in [1.82, 2.24) is 10.2 Å². The van der Waals surface area contributed by atoms with E-state index < -0.39 is 6.04 Å². The van der Waals surface area contributed by atoms with E-state index in [9.17, 15) is 9.59 Å². The molecule has 0 saturated heterocycles. The highest BCUT2D eigenvalue weighted by Gasteiger charge is 2.26. The standard InChI is InChI=1S/C27H32N2O3/c1-19(2)28-27(31)20(3)29(18-21-12-15-24(32-4)16-13-21)26(30)17-14-23-10-7-9-22-8-5-6-11-25(22)23/h5-13,15-16,19-20H,14,17-18H2,1-4H3,(H,28,31). The molecule has 1 atom stereocenters. The van der Waals surface area contributed by atoms with Gasteiger partial charge in [-0.2, -0.15) is 0 Å². The quantitative estimate of drug-likeness (QED) is 0.532. The van der Waals surface area contributed by atoms with E-state index in [2.05, 4.69) is 29.6 Å². The van der Waals surface area contributed by atoms with Crippen molar-refractivity contribution >= 4 is 22.6 Å². The molecular formula is C27H32N2O3. The second-order valence-electron chi connectivity index (χ2n) is 8.35. The Bertz CT molecular complexity index is 1050.